The molecule has 1 aliphatic heterocycles. The van der Waals surface area contributed by atoms with E-state index < -0.39 is 6.29 Å². The van der Waals surface area contributed by atoms with Gasteiger partial charge in [-0.2, -0.15) is 0 Å². The fourth-order valence-corrected chi connectivity index (χ4v) is 3.40. The van der Waals surface area contributed by atoms with E-state index >= 15 is 0 Å². The zero-order valence-corrected chi connectivity index (χ0v) is 14.4. The van der Waals surface area contributed by atoms with Crippen molar-refractivity contribution in [2.24, 2.45) is 0 Å². The topological polar surface area (TPSA) is 71.1 Å². The molecule has 0 saturated carbocycles. The SMILES string of the molecule is COc1cc(OC)c2c(c1C)C(=O)C1=C(C2=O)[C@H](OC)O[C@@H](C)C1. The van der Waals surface area contributed by atoms with Gasteiger partial charge in [0, 0.05) is 36.3 Å². The van der Waals surface area contributed by atoms with Crippen LogP contribution in [-0.2, 0) is 9.47 Å². The number of carbonyl (C=O) groups is 2. The van der Waals surface area contributed by atoms with Crippen molar-refractivity contribution in [3.05, 3.63) is 33.9 Å². The predicted octanol–water partition coefficient (Wildman–Crippen LogP) is 2.47. The Morgan fingerprint density at radius 2 is 1.71 bits per heavy atom. The van der Waals surface area contributed by atoms with Gasteiger partial charge >= 0.3 is 0 Å². The van der Waals surface area contributed by atoms with Crippen molar-refractivity contribution in [1.82, 2.24) is 0 Å². The van der Waals surface area contributed by atoms with Crippen LogP contribution in [0, 0.1) is 6.92 Å². The Hall–Kier alpha value is -2.18. The lowest BCUT2D eigenvalue weighted by molar-refractivity contribution is -0.133. The molecule has 0 aromatic heterocycles. The number of carbonyl (C=O) groups excluding carboxylic acids is 2. The van der Waals surface area contributed by atoms with E-state index in [0.717, 1.165) is 0 Å². The Balaban J connectivity index is 2.29. The molecule has 6 heteroatoms. The molecule has 0 spiro atoms. The van der Waals surface area contributed by atoms with Crippen LogP contribution in [-0.4, -0.2) is 45.3 Å². The van der Waals surface area contributed by atoms with Crippen LogP contribution >= 0.6 is 0 Å². The highest BCUT2D eigenvalue weighted by atomic mass is 16.7. The number of ketones is 2. The zero-order chi connectivity index (χ0) is 17.6. The Morgan fingerprint density at radius 3 is 2.29 bits per heavy atom. The van der Waals surface area contributed by atoms with Crippen LogP contribution in [0.3, 0.4) is 0 Å². The first kappa shape index (κ1) is 16.7. The van der Waals surface area contributed by atoms with Crippen LogP contribution in [0.25, 0.3) is 0 Å². The van der Waals surface area contributed by atoms with Crippen LogP contribution in [0.4, 0.5) is 0 Å². The summed E-state index contributed by atoms with van der Waals surface area (Å²) >= 11 is 0. The van der Waals surface area contributed by atoms with Gasteiger partial charge in [-0.1, -0.05) is 0 Å². The Kier molecular flexibility index (Phi) is 4.19. The zero-order valence-electron chi connectivity index (χ0n) is 14.4. The van der Waals surface area contributed by atoms with Gasteiger partial charge in [0.1, 0.15) is 11.5 Å². The number of benzene rings is 1. The van der Waals surface area contributed by atoms with Gasteiger partial charge in [-0.15, -0.1) is 0 Å². The molecule has 1 aliphatic carbocycles. The molecule has 1 heterocycles. The molecule has 3 rings (SSSR count). The van der Waals surface area contributed by atoms with Crippen molar-refractivity contribution >= 4 is 11.6 Å². The average molecular weight is 332 g/mol. The van der Waals surface area contributed by atoms with Gasteiger partial charge in [0.25, 0.3) is 0 Å². The first-order valence-corrected chi connectivity index (χ1v) is 7.70. The first-order valence-electron chi connectivity index (χ1n) is 7.70. The second kappa shape index (κ2) is 6.03. The maximum absolute atomic E-state index is 13.1. The van der Waals surface area contributed by atoms with Crippen LogP contribution < -0.4 is 9.47 Å². The van der Waals surface area contributed by atoms with Gasteiger partial charge in [-0.25, -0.2) is 0 Å². The molecule has 1 aromatic rings. The van der Waals surface area contributed by atoms with E-state index in [1.165, 1.54) is 21.3 Å². The molecule has 2 aliphatic rings. The third kappa shape index (κ3) is 2.25. The Morgan fingerprint density at radius 1 is 1.04 bits per heavy atom. The number of Topliss-reactive ketones (excluding diaryl/α,β-unsaturated/α-hetero) is 2. The van der Waals surface area contributed by atoms with Crippen molar-refractivity contribution < 1.29 is 28.5 Å². The predicted molar refractivity (Wildman–Crippen MR) is 85.9 cm³/mol. The van der Waals surface area contributed by atoms with Gasteiger partial charge in [0.05, 0.1) is 31.5 Å². The van der Waals surface area contributed by atoms with Gasteiger partial charge in [0.15, 0.2) is 17.9 Å². The summed E-state index contributed by atoms with van der Waals surface area (Å²) in [5, 5.41) is 0. The minimum Gasteiger partial charge on any atom is -0.496 e. The molecule has 1 aromatic carbocycles. The summed E-state index contributed by atoms with van der Waals surface area (Å²) in [6, 6.07) is 1.62. The second-order valence-electron chi connectivity index (χ2n) is 5.93. The Bertz CT molecular complexity index is 761. The highest BCUT2D eigenvalue weighted by molar-refractivity contribution is 6.29. The fraction of sp³-hybridized carbons (Fsp3) is 0.444. The number of ether oxygens (including phenoxy) is 4. The summed E-state index contributed by atoms with van der Waals surface area (Å²) in [4.78, 5) is 26.2. The van der Waals surface area contributed by atoms with E-state index in [0.29, 0.717) is 34.6 Å². The number of hydrogen-bond acceptors (Lipinski definition) is 6. The van der Waals surface area contributed by atoms with Crippen LogP contribution in [0.5, 0.6) is 11.5 Å². The molecule has 0 amide bonds. The van der Waals surface area contributed by atoms with E-state index in [2.05, 4.69) is 0 Å². The molecule has 6 nitrogen and oxygen atoms in total. The van der Waals surface area contributed by atoms with E-state index in [1.54, 1.807) is 13.0 Å². The third-order valence-corrected chi connectivity index (χ3v) is 4.54. The largest absolute Gasteiger partial charge is 0.496 e. The van der Waals surface area contributed by atoms with Crippen LogP contribution in [0.1, 0.15) is 39.6 Å². The highest BCUT2D eigenvalue weighted by Crippen LogP contribution is 2.43. The molecular weight excluding hydrogens is 312 g/mol. The summed E-state index contributed by atoms with van der Waals surface area (Å²) in [6.45, 7) is 3.62. The monoisotopic (exact) mass is 332 g/mol. The van der Waals surface area contributed by atoms with Crippen molar-refractivity contribution in [2.45, 2.75) is 32.7 Å². The lowest BCUT2D eigenvalue weighted by Gasteiger charge is -2.34. The van der Waals surface area contributed by atoms with Gasteiger partial charge in [-0.05, 0) is 13.8 Å². The quantitative estimate of drug-likeness (QED) is 0.847. The average Bonchev–Trinajstić information content (AvgIpc) is 2.58. The molecule has 2 atom stereocenters. The number of hydrogen-bond donors (Lipinski definition) is 0. The van der Waals surface area contributed by atoms with E-state index in [9.17, 15) is 9.59 Å². The molecular formula is C18H20O6. The molecule has 0 saturated heterocycles. The lowest BCUT2D eigenvalue weighted by atomic mass is 9.78. The summed E-state index contributed by atoms with van der Waals surface area (Å²) in [7, 11) is 4.43. The van der Waals surface area contributed by atoms with E-state index in [1.807, 2.05) is 6.92 Å². The summed E-state index contributed by atoms with van der Waals surface area (Å²) in [6.07, 6.45) is -0.682. The third-order valence-electron chi connectivity index (χ3n) is 4.54. The summed E-state index contributed by atoms with van der Waals surface area (Å²) in [5.41, 5.74) is 1.96. The van der Waals surface area contributed by atoms with E-state index in [4.69, 9.17) is 18.9 Å². The standard InChI is InChI=1S/C18H20O6/c1-8-6-10-14(18(23-5)24-8)17(20)15-12(22-4)7-11(21-3)9(2)13(15)16(10)19/h7-8,18H,6H2,1-5H3/t8-,18+/m0/s1. The van der Waals surface area contributed by atoms with Crippen LogP contribution in [0.15, 0.2) is 17.2 Å². The van der Waals surface area contributed by atoms with Gasteiger partial charge in [-0.3, -0.25) is 9.59 Å². The van der Waals surface area contributed by atoms with Crippen molar-refractivity contribution in [3.63, 3.8) is 0 Å². The van der Waals surface area contributed by atoms with Crippen molar-refractivity contribution in [1.29, 1.82) is 0 Å². The van der Waals surface area contributed by atoms with E-state index in [-0.39, 0.29) is 28.8 Å². The summed E-state index contributed by atoms with van der Waals surface area (Å²) in [5.74, 6) is 0.345. The maximum atomic E-state index is 13.1. The number of fused-ring (bicyclic) bond motifs is 1. The molecule has 0 bridgehead atoms. The fourth-order valence-electron chi connectivity index (χ4n) is 3.40. The molecule has 128 valence electrons. The molecule has 0 unspecified atom stereocenters. The first-order chi connectivity index (χ1) is 11.4. The Labute approximate surface area is 140 Å². The molecule has 0 radical (unpaired) electrons. The smallest absolute Gasteiger partial charge is 0.199 e. The van der Waals surface area contributed by atoms with Gasteiger partial charge < -0.3 is 18.9 Å². The minimum absolute atomic E-state index is 0.188. The second-order valence-corrected chi connectivity index (χ2v) is 5.93. The number of rotatable bonds is 3. The lowest BCUT2D eigenvalue weighted by Crippen LogP contribution is -2.39. The highest BCUT2D eigenvalue weighted by Gasteiger charge is 2.43. The summed E-state index contributed by atoms with van der Waals surface area (Å²) < 4.78 is 21.6. The molecule has 24 heavy (non-hydrogen) atoms. The van der Waals surface area contributed by atoms with Crippen molar-refractivity contribution in [2.75, 3.05) is 21.3 Å². The normalized spacial score (nSPS) is 23.0. The molecule has 0 fully saturated rings. The maximum Gasteiger partial charge on any atom is 0.199 e. The van der Waals surface area contributed by atoms with Crippen LogP contribution in [0.2, 0.25) is 0 Å². The van der Waals surface area contributed by atoms with Gasteiger partial charge in [0.2, 0.25) is 0 Å². The minimum atomic E-state index is -0.847. The van der Waals surface area contributed by atoms with Crippen molar-refractivity contribution in [3.8, 4) is 11.5 Å². The number of methoxy groups -OCH3 is 3. The molecule has 0 N–H and O–H groups in total.